The molecule has 1 N–H and O–H groups in total. The predicted molar refractivity (Wildman–Crippen MR) is 118 cm³/mol. The van der Waals surface area contributed by atoms with Crippen LogP contribution in [0.5, 0.6) is 0 Å². The second-order valence-electron chi connectivity index (χ2n) is 11.6. The third kappa shape index (κ3) is 3.00. The van der Waals surface area contributed by atoms with Crippen LogP contribution in [0.15, 0.2) is 23.8 Å². The molecule has 186 valence electrons. The maximum absolute atomic E-state index is 16.0. The first-order chi connectivity index (χ1) is 15.7. The number of rotatable bonds is 3. The van der Waals surface area contributed by atoms with Gasteiger partial charge < -0.3 is 19.3 Å². The number of alkyl halides is 1. The van der Waals surface area contributed by atoms with Gasteiger partial charge in [-0.05, 0) is 44.8 Å². The Morgan fingerprint density at radius 2 is 1.97 bits per heavy atom. The summed E-state index contributed by atoms with van der Waals surface area (Å²) in [5.74, 6) is -3.52. The first-order valence-corrected chi connectivity index (χ1v) is 12.1. The quantitative estimate of drug-likeness (QED) is 0.626. The topological polar surface area (TPSA) is 99.1 Å². The molecule has 0 aromatic heterocycles. The Kier molecular flexibility index (Phi) is 5.12. The van der Waals surface area contributed by atoms with Crippen LogP contribution in [0.1, 0.15) is 53.9 Å². The summed E-state index contributed by atoms with van der Waals surface area (Å²) < 4.78 is 33.6. The van der Waals surface area contributed by atoms with E-state index < -0.39 is 70.8 Å². The van der Waals surface area contributed by atoms with Crippen molar-refractivity contribution in [3.63, 3.8) is 0 Å². The van der Waals surface area contributed by atoms with Gasteiger partial charge in [-0.15, -0.1) is 0 Å². The van der Waals surface area contributed by atoms with Crippen molar-refractivity contribution in [2.24, 2.45) is 28.6 Å². The molecule has 0 amide bonds. The molecule has 1 aliphatic heterocycles. The number of esters is 1. The van der Waals surface area contributed by atoms with Crippen molar-refractivity contribution in [2.45, 2.75) is 83.6 Å². The number of Topliss-reactive ketones (excluding diaryl/α,β-unsaturated/α-hetero) is 1. The number of hydrogen-bond acceptors (Lipinski definition) is 7. The second kappa shape index (κ2) is 7.31. The molecular weight excluding hydrogens is 443 g/mol. The lowest BCUT2D eigenvalue weighted by atomic mass is 9.45. The molecular formula is C26H33FO7. The van der Waals surface area contributed by atoms with Crippen molar-refractivity contribution < 1.29 is 38.1 Å². The number of allylic oxidation sites excluding steroid dienone is 4. The fraction of sp³-hybridized carbons (Fsp3) is 0.731. The van der Waals surface area contributed by atoms with E-state index in [1.165, 1.54) is 19.1 Å². The molecule has 5 rings (SSSR count). The van der Waals surface area contributed by atoms with Crippen LogP contribution in [0.4, 0.5) is 4.39 Å². The number of aliphatic hydroxyl groups excluding tert-OH is 1. The Labute approximate surface area is 198 Å². The molecule has 1 saturated heterocycles. The third-order valence-electron chi connectivity index (χ3n) is 9.30. The summed E-state index contributed by atoms with van der Waals surface area (Å²) in [7, 11) is 0. The van der Waals surface area contributed by atoms with Crippen molar-refractivity contribution >= 4 is 17.5 Å². The highest BCUT2D eigenvalue weighted by Crippen LogP contribution is 2.70. The summed E-state index contributed by atoms with van der Waals surface area (Å²) in [6, 6.07) is 0. The Morgan fingerprint density at radius 3 is 2.65 bits per heavy atom. The van der Waals surface area contributed by atoms with E-state index in [4.69, 9.17) is 14.2 Å². The number of carbonyl (C=O) groups is 3. The normalized spacial score (nSPS) is 48.3. The Hall–Kier alpha value is -1.90. The van der Waals surface area contributed by atoms with Crippen LogP contribution in [-0.2, 0) is 28.6 Å². The van der Waals surface area contributed by atoms with Crippen molar-refractivity contribution in [2.75, 3.05) is 6.61 Å². The van der Waals surface area contributed by atoms with Crippen molar-refractivity contribution in [1.82, 2.24) is 0 Å². The van der Waals surface area contributed by atoms with Crippen molar-refractivity contribution in [3.05, 3.63) is 23.8 Å². The minimum atomic E-state index is -1.46. The van der Waals surface area contributed by atoms with Gasteiger partial charge >= 0.3 is 5.97 Å². The average molecular weight is 477 g/mol. The lowest BCUT2D eigenvalue weighted by Gasteiger charge is -2.60. The van der Waals surface area contributed by atoms with Gasteiger partial charge in [0, 0.05) is 36.0 Å². The van der Waals surface area contributed by atoms with E-state index in [0.717, 1.165) is 0 Å². The van der Waals surface area contributed by atoms with Crippen LogP contribution in [-0.4, -0.2) is 59.0 Å². The summed E-state index contributed by atoms with van der Waals surface area (Å²) >= 11 is 0. The molecule has 7 nitrogen and oxygen atoms in total. The number of halogens is 1. The van der Waals surface area contributed by atoms with Gasteiger partial charge in [0.25, 0.3) is 0 Å². The van der Waals surface area contributed by atoms with Gasteiger partial charge in [0.05, 0.1) is 12.2 Å². The van der Waals surface area contributed by atoms with E-state index in [2.05, 4.69) is 0 Å². The Balaban J connectivity index is 1.59. The van der Waals surface area contributed by atoms with Gasteiger partial charge in [-0.3, -0.25) is 14.4 Å². The van der Waals surface area contributed by atoms with Gasteiger partial charge in [0.1, 0.15) is 6.17 Å². The number of aliphatic hydroxyl groups is 1. The highest BCUT2D eigenvalue weighted by atomic mass is 19.1. The van der Waals surface area contributed by atoms with Crippen LogP contribution in [0.25, 0.3) is 0 Å². The molecule has 0 aromatic rings. The molecule has 1 heterocycles. The standard InChI is InChI=1S/C26H33FO7/c1-13(28)32-12-19(31)26-20(33-23(2,3)34-26)10-16-21-17(27)9-14-8-15(29)6-7-24(14,4)22(21)18(30)11-25(16,26)5/h6-8,16-18,20-22,30H,9-12H2,1-5H3/t16-,17+,18-,20+,21+,22-,24-,25-,26+/m0/s1. The first kappa shape index (κ1) is 23.8. The first-order valence-electron chi connectivity index (χ1n) is 12.1. The third-order valence-corrected chi connectivity index (χ3v) is 9.30. The fourth-order valence-electron chi connectivity index (χ4n) is 8.11. The summed E-state index contributed by atoms with van der Waals surface area (Å²) in [6.45, 7) is 8.07. The number of hydrogen-bond donors (Lipinski definition) is 1. The molecule has 0 bridgehead atoms. The highest BCUT2D eigenvalue weighted by molar-refractivity contribution is 6.01. The van der Waals surface area contributed by atoms with E-state index in [1.807, 2.05) is 19.9 Å². The molecule has 0 spiro atoms. The summed E-state index contributed by atoms with van der Waals surface area (Å²) in [4.78, 5) is 37.1. The lowest BCUT2D eigenvalue weighted by Crippen LogP contribution is -2.65. The van der Waals surface area contributed by atoms with Crippen LogP contribution in [0.2, 0.25) is 0 Å². The van der Waals surface area contributed by atoms with E-state index in [9.17, 15) is 19.5 Å². The summed E-state index contributed by atoms with van der Waals surface area (Å²) in [6.07, 6.45) is 2.68. The van der Waals surface area contributed by atoms with Crippen molar-refractivity contribution in [3.8, 4) is 0 Å². The van der Waals surface area contributed by atoms with Crippen LogP contribution < -0.4 is 0 Å². The van der Waals surface area contributed by atoms with Gasteiger partial charge in [-0.1, -0.05) is 25.5 Å². The number of fused-ring (bicyclic) bond motifs is 7. The maximum atomic E-state index is 16.0. The highest BCUT2D eigenvalue weighted by Gasteiger charge is 2.77. The smallest absolute Gasteiger partial charge is 0.303 e. The van der Waals surface area contributed by atoms with Crippen LogP contribution >= 0.6 is 0 Å². The Morgan fingerprint density at radius 1 is 1.26 bits per heavy atom. The molecule has 4 aliphatic carbocycles. The lowest BCUT2D eigenvalue weighted by molar-refractivity contribution is -0.230. The predicted octanol–water partition coefficient (Wildman–Crippen LogP) is 2.85. The van der Waals surface area contributed by atoms with Gasteiger partial charge in [0.2, 0.25) is 5.78 Å². The monoisotopic (exact) mass is 476 g/mol. The average Bonchev–Trinajstić information content (AvgIpc) is 3.13. The molecule has 34 heavy (non-hydrogen) atoms. The summed E-state index contributed by atoms with van der Waals surface area (Å²) in [5.41, 5.74) is -2.32. The molecule has 5 aliphatic rings. The van der Waals surface area contributed by atoms with Gasteiger partial charge in [0.15, 0.2) is 23.8 Å². The van der Waals surface area contributed by atoms with Crippen LogP contribution in [0.3, 0.4) is 0 Å². The molecule has 9 atom stereocenters. The van der Waals surface area contributed by atoms with Gasteiger partial charge in [-0.25, -0.2) is 4.39 Å². The van der Waals surface area contributed by atoms with E-state index in [1.54, 1.807) is 13.8 Å². The van der Waals surface area contributed by atoms with E-state index in [0.29, 0.717) is 12.0 Å². The number of carbonyl (C=O) groups excluding carboxylic acids is 3. The zero-order chi connectivity index (χ0) is 24.8. The molecule has 0 unspecified atom stereocenters. The minimum Gasteiger partial charge on any atom is -0.458 e. The molecule has 0 aromatic carbocycles. The molecule has 0 radical (unpaired) electrons. The molecule has 3 saturated carbocycles. The zero-order valence-electron chi connectivity index (χ0n) is 20.3. The summed E-state index contributed by atoms with van der Waals surface area (Å²) in [5, 5.41) is 11.6. The SMILES string of the molecule is CC(=O)OCC(=O)[C@@]12OC(C)(C)O[C@@H]1C[C@H]1[C@H]3[C@H]([C@@H](O)C[C@@]12C)[C@@]1(C)C=CC(=O)C=C1C[C@H]3F. The Bertz CT molecular complexity index is 1020. The number of ether oxygens (including phenoxy) is 3. The van der Waals surface area contributed by atoms with E-state index >= 15 is 4.39 Å². The number of ketones is 2. The fourth-order valence-corrected chi connectivity index (χ4v) is 8.11. The molecule has 4 fully saturated rings. The zero-order valence-corrected chi connectivity index (χ0v) is 20.3. The van der Waals surface area contributed by atoms with Crippen LogP contribution in [0, 0.1) is 28.6 Å². The maximum Gasteiger partial charge on any atom is 0.303 e. The second-order valence-corrected chi connectivity index (χ2v) is 11.6. The van der Waals surface area contributed by atoms with Gasteiger partial charge in [-0.2, -0.15) is 0 Å². The van der Waals surface area contributed by atoms with Crippen molar-refractivity contribution in [1.29, 1.82) is 0 Å². The minimum absolute atomic E-state index is 0.110. The largest absolute Gasteiger partial charge is 0.458 e. The molecule has 8 heteroatoms. The van der Waals surface area contributed by atoms with E-state index in [-0.39, 0.29) is 24.5 Å².